The molecule has 8 heteroatoms. The zero-order valence-electron chi connectivity index (χ0n) is 16.9. The average Bonchev–Trinajstić information content (AvgIpc) is 3.16. The first-order valence-corrected chi connectivity index (χ1v) is 9.93. The Morgan fingerprint density at radius 3 is 2.58 bits per heavy atom. The monoisotopic (exact) mass is 425 g/mol. The van der Waals surface area contributed by atoms with Crippen molar-refractivity contribution in [1.82, 2.24) is 9.97 Å². The lowest BCUT2D eigenvalue weighted by molar-refractivity contribution is -0.137. The van der Waals surface area contributed by atoms with Crippen LogP contribution in [0.4, 0.5) is 14.5 Å². The lowest BCUT2D eigenvalue weighted by Gasteiger charge is -2.20. The second kappa shape index (κ2) is 8.67. The summed E-state index contributed by atoms with van der Waals surface area (Å²) in [6, 6.07) is 11.4. The number of nitrogens with zero attached hydrogens (tertiary/aromatic N) is 3. The van der Waals surface area contributed by atoms with Crippen LogP contribution in [-0.2, 0) is 4.79 Å². The molecule has 0 amide bonds. The number of halogens is 2. The van der Waals surface area contributed by atoms with Gasteiger partial charge < -0.3 is 14.7 Å². The van der Waals surface area contributed by atoms with Gasteiger partial charge in [-0.1, -0.05) is 17.7 Å². The third kappa shape index (κ3) is 4.79. The smallest absolute Gasteiger partial charge is 0.303 e. The molecule has 1 aliphatic rings. The number of anilines is 1. The van der Waals surface area contributed by atoms with Crippen molar-refractivity contribution in [3.63, 3.8) is 0 Å². The van der Waals surface area contributed by atoms with E-state index in [4.69, 9.17) is 9.84 Å². The summed E-state index contributed by atoms with van der Waals surface area (Å²) in [5.74, 6) is -1.52. The Morgan fingerprint density at radius 2 is 1.90 bits per heavy atom. The van der Waals surface area contributed by atoms with Crippen LogP contribution in [0.15, 0.2) is 48.7 Å². The van der Waals surface area contributed by atoms with Crippen molar-refractivity contribution in [2.75, 3.05) is 18.0 Å². The zero-order valence-corrected chi connectivity index (χ0v) is 16.9. The van der Waals surface area contributed by atoms with Crippen molar-refractivity contribution < 1.29 is 23.4 Å². The number of hydrogen-bond acceptors (Lipinski definition) is 5. The number of carboxylic acid groups (broad SMARTS) is 1. The van der Waals surface area contributed by atoms with Crippen molar-refractivity contribution in [2.45, 2.75) is 19.8 Å². The van der Waals surface area contributed by atoms with Crippen LogP contribution < -0.4 is 9.64 Å². The van der Waals surface area contributed by atoms with Gasteiger partial charge in [0.15, 0.2) is 5.82 Å². The van der Waals surface area contributed by atoms with Crippen molar-refractivity contribution in [2.24, 2.45) is 5.92 Å². The van der Waals surface area contributed by atoms with Gasteiger partial charge in [0.05, 0.1) is 0 Å². The predicted octanol–water partition coefficient (Wildman–Crippen LogP) is 4.82. The Hall–Kier alpha value is -3.55. The summed E-state index contributed by atoms with van der Waals surface area (Å²) in [5, 5.41) is 8.94. The summed E-state index contributed by atoms with van der Waals surface area (Å²) in [4.78, 5) is 20.8. The fourth-order valence-electron chi connectivity index (χ4n) is 3.71. The minimum absolute atomic E-state index is 0.0144. The number of carbonyl (C=O) groups is 1. The van der Waals surface area contributed by atoms with E-state index in [0.29, 0.717) is 25.3 Å². The second-order valence-corrected chi connectivity index (χ2v) is 7.62. The molecule has 160 valence electrons. The van der Waals surface area contributed by atoms with Gasteiger partial charge in [0.2, 0.25) is 5.88 Å². The summed E-state index contributed by atoms with van der Waals surface area (Å²) >= 11 is 0. The van der Waals surface area contributed by atoms with Crippen LogP contribution in [0.1, 0.15) is 18.4 Å². The Balaban J connectivity index is 1.55. The van der Waals surface area contributed by atoms with Crippen LogP contribution in [0, 0.1) is 24.5 Å². The van der Waals surface area contributed by atoms with E-state index >= 15 is 0 Å². The third-order valence-corrected chi connectivity index (χ3v) is 5.21. The molecule has 1 saturated heterocycles. The van der Waals surface area contributed by atoms with Gasteiger partial charge in [0.1, 0.15) is 23.1 Å². The molecule has 1 aliphatic heterocycles. The van der Waals surface area contributed by atoms with E-state index in [2.05, 4.69) is 9.97 Å². The van der Waals surface area contributed by atoms with Crippen LogP contribution in [0.2, 0.25) is 0 Å². The number of aromatic nitrogens is 2. The van der Waals surface area contributed by atoms with Crippen LogP contribution in [0.5, 0.6) is 11.6 Å². The molecular formula is C23H21F2N3O3. The Labute approximate surface area is 178 Å². The molecule has 3 aromatic rings. The van der Waals surface area contributed by atoms with Crippen LogP contribution in [0.3, 0.4) is 0 Å². The highest BCUT2D eigenvalue weighted by Crippen LogP contribution is 2.33. The van der Waals surface area contributed by atoms with Gasteiger partial charge in [0, 0.05) is 37.3 Å². The van der Waals surface area contributed by atoms with Gasteiger partial charge in [-0.2, -0.15) is 4.98 Å². The predicted molar refractivity (Wildman–Crippen MR) is 111 cm³/mol. The highest BCUT2D eigenvalue weighted by Gasteiger charge is 2.28. The first-order chi connectivity index (χ1) is 14.9. The van der Waals surface area contributed by atoms with E-state index in [1.54, 1.807) is 23.1 Å². The van der Waals surface area contributed by atoms with Crippen LogP contribution in [-0.4, -0.2) is 34.1 Å². The molecule has 1 fully saturated rings. The summed E-state index contributed by atoms with van der Waals surface area (Å²) in [7, 11) is 0. The third-order valence-electron chi connectivity index (χ3n) is 5.21. The molecule has 6 nitrogen and oxygen atoms in total. The van der Waals surface area contributed by atoms with Crippen molar-refractivity contribution >= 4 is 11.7 Å². The van der Waals surface area contributed by atoms with Gasteiger partial charge >= 0.3 is 5.97 Å². The Kier molecular flexibility index (Phi) is 5.79. The molecule has 1 aromatic heterocycles. The molecule has 0 radical (unpaired) electrons. The number of aryl methyl sites for hydroxylation is 1. The summed E-state index contributed by atoms with van der Waals surface area (Å²) < 4.78 is 35.4. The van der Waals surface area contributed by atoms with Crippen molar-refractivity contribution in [1.29, 1.82) is 0 Å². The Morgan fingerprint density at radius 1 is 1.19 bits per heavy atom. The molecule has 1 atom stereocenters. The average molecular weight is 425 g/mol. The van der Waals surface area contributed by atoms with Gasteiger partial charge in [-0.3, -0.25) is 4.79 Å². The van der Waals surface area contributed by atoms with Crippen molar-refractivity contribution in [3.05, 3.63) is 65.9 Å². The standard InChI is InChI=1S/C23H21F2N3O3/c1-14-2-4-17(5-3-14)31-20-6-8-26-23(27-20)16-11-18(24)22(19(25)12-16)28-9-7-15(13-28)10-21(29)30/h2-6,8,11-12,15H,7,9-10,13H2,1H3,(H,29,30). The first kappa shape index (κ1) is 20.7. The summed E-state index contributed by atoms with van der Waals surface area (Å²) in [6.07, 6.45) is 2.03. The van der Waals surface area contributed by atoms with E-state index in [9.17, 15) is 13.6 Å². The number of aliphatic carboxylic acids is 1. The lowest BCUT2D eigenvalue weighted by Crippen LogP contribution is -2.23. The molecule has 2 aromatic carbocycles. The topological polar surface area (TPSA) is 75.5 Å². The quantitative estimate of drug-likeness (QED) is 0.610. The minimum atomic E-state index is -0.909. The molecule has 1 unspecified atom stereocenters. The molecule has 0 bridgehead atoms. The number of hydrogen-bond donors (Lipinski definition) is 1. The normalized spacial score (nSPS) is 15.8. The van der Waals surface area contributed by atoms with Gasteiger partial charge in [-0.15, -0.1) is 0 Å². The van der Waals surface area contributed by atoms with E-state index in [-0.39, 0.29) is 35.3 Å². The fraction of sp³-hybridized carbons (Fsp3) is 0.261. The highest BCUT2D eigenvalue weighted by atomic mass is 19.1. The maximum absolute atomic E-state index is 14.8. The highest BCUT2D eigenvalue weighted by molar-refractivity contribution is 5.67. The maximum atomic E-state index is 14.8. The number of rotatable bonds is 6. The van der Waals surface area contributed by atoms with Gasteiger partial charge in [-0.05, 0) is 43.5 Å². The molecule has 1 N–H and O–H groups in total. The van der Waals surface area contributed by atoms with E-state index in [1.165, 1.54) is 18.3 Å². The summed E-state index contributed by atoms with van der Waals surface area (Å²) in [6.45, 7) is 2.67. The number of ether oxygens (including phenoxy) is 1. The van der Waals surface area contributed by atoms with Crippen LogP contribution in [0.25, 0.3) is 11.4 Å². The molecule has 31 heavy (non-hydrogen) atoms. The van der Waals surface area contributed by atoms with Gasteiger partial charge in [0.25, 0.3) is 0 Å². The van der Waals surface area contributed by atoms with Crippen molar-refractivity contribution in [3.8, 4) is 23.0 Å². The molecule has 0 spiro atoms. The maximum Gasteiger partial charge on any atom is 0.303 e. The number of benzene rings is 2. The second-order valence-electron chi connectivity index (χ2n) is 7.62. The summed E-state index contributed by atoms with van der Waals surface area (Å²) in [5.41, 5.74) is 1.13. The molecular weight excluding hydrogens is 404 g/mol. The first-order valence-electron chi connectivity index (χ1n) is 9.93. The molecule has 2 heterocycles. The lowest BCUT2D eigenvalue weighted by atomic mass is 10.1. The largest absolute Gasteiger partial charge is 0.481 e. The SMILES string of the molecule is Cc1ccc(Oc2ccnc(-c3cc(F)c(N4CCC(CC(=O)O)C4)c(F)c3)n2)cc1. The molecule has 0 aliphatic carbocycles. The number of carboxylic acids is 1. The Bertz CT molecular complexity index is 1080. The molecule has 4 rings (SSSR count). The van der Waals surface area contributed by atoms with E-state index in [0.717, 1.165) is 5.56 Å². The van der Waals surface area contributed by atoms with Crippen LogP contribution >= 0.6 is 0 Å². The minimum Gasteiger partial charge on any atom is -0.481 e. The van der Waals surface area contributed by atoms with E-state index < -0.39 is 17.6 Å². The van der Waals surface area contributed by atoms with Gasteiger partial charge in [-0.25, -0.2) is 13.8 Å². The van der Waals surface area contributed by atoms with E-state index in [1.807, 2.05) is 19.1 Å². The zero-order chi connectivity index (χ0) is 22.0. The fourth-order valence-corrected chi connectivity index (χ4v) is 3.71. The molecule has 0 saturated carbocycles.